The van der Waals surface area contributed by atoms with Crippen molar-refractivity contribution in [3.63, 3.8) is 0 Å². The second kappa shape index (κ2) is 5.84. The van der Waals surface area contributed by atoms with Gasteiger partial charge in [-0.3, -0.25) is 4.98 Å². The minimum atomic E-state index is 0.497. The Hall–Kier alpha value is -1.32. The van der Waals surface area contributed by atoms with Crippen LogP contribution in [0.1, 0.15) is 16.8 Å². The number of nitrogens with zero attached hydrogens (tertiary/aromatic N) is 1. The summed E-state index contributed by atoms with van der Waals surface area (Å²) < 4.78 is 0. The number of thioether (sulfide) groups is 1. The summed E-state index contributed by atoms with van der Waals surface area (Å²) in [5.74, 6) is 0.964. The van der Waals surface area contributed by atoms with Crippen LogP contribution in [0.2, 0.25) is 0 Å². The number of hydrogen-bond acceptors (Lipinski definition) is 3. The summed E-state index contributed by atoms with van der Waals surface area (Å²) in [5, 5.41) is 0. The summed E-state index contributed by atoms with van der Waals surface area (Å²) in [6, 6.07) is 12.5. The zero-order chi connectivity index (χ0) is 12.1. The molecule has 0 atom stereocenters. The third-order valence-electron chi connectivity index (χ3n) is 2.69. The van der Waals surface area contributed by atoms with Crippen LogP contribution in [0, 0.1) is 6.92 Å². The lowest BCUT2D eigenvalue weighted by Crippen LogP contribution is -2.01. The highest BCUT2D eigenvalue weighted by atomic mass is 32.2. The Kier molecular flexibility index (Phi) is 4.18. The van der Waals surface area contributed by atoms with Gasteiger partial charge in [0.05, 0.1) is 5.69 Å². The van der Waals surface area contributed by atoms with E-state index in [0.29, 0.717) is 6.54 Å². The summed E-state index contributed by atoms with van der Waals surface area (Å²) in [5.41, 5.74) is 9.35. The van der Waals surface area contributed by atoms with Gasteiger partial charge in [0.1, 0.15) is 0 Å². The van der Waals surface area contributed by atoms with Crippen LogP contribution < -0.4 is 5.73 Å². The molecule has 0 spiro atoms. The van der Waals surface area contributed by atoms with Crippen molar-refractivity contribution in [3.8, 4) is 0 Å². The third kappa shape index (κ3) is 3.08. The highest BCUT2D eigenvalue weighted by Gasteiger charge is 2.03. The van der Waals surface area contributed by atoms with E-state index in [4.69, 9.17) is 5.73 Å². The normalized spacial score (nSPS) is 10.5. The predicted octanol–water partition coefficient (Wildman–Crippen LogP) is 3.14. The first-order valence-electron chi connectivity index (χ1n) is 5.62. The minimum Gasteiger partial charge on any atom is -0.325 e. The van der Waals surface area contributed by atoms with Gasteiger partial charge in [-0.15, -0.1) is 11.8 Å². The van der Waals surface area contributed by atoms with Gasteiger partial charge in [0.2, 0.25) is 0 Å². The second-order valence-electron chi connectivity index (χ2n) is 3.87. The first-order valence-corrected chi connectivity index (χ1v) is 6.61. The molecule has 88 valence electrons. The molecule has 0 saturated heterocycles. The number of rotatable bonds is 4. The maximum Gasteiger partial charge on any atom is 0.0675 e. The van der Waals surface area contributed by atoms with Gasteiger partial charge in [0.25, 0.3) is 0 Å². The van der Waals surface area contributed by atoms with Crippen LogP contribution in [0.4, 0.5) is 0 Å². The van der Waals surface area contributed by atoms with Crippen LogP contribution in [-0.4, -0.2) is 4.98 Å². The Bertz CT molecular complexity index is 497. The van der Waals surface area contributed by atoms with Crippen molar-refractivity contribution >= 4 is 11.8 Å². The highest BCUT2D eigenvalue weighted by molar-refractivity contribution is 7.98. The van der Waals surface area contributed by atoms with Gasteiger partial charge in [-0.1, -0.05) is 24.3 Å². The van der Waals surface area contributed by atoms with E-state index in [9.17, 15) is 0 Å². The van der Waals surface area contributed by atoms with Crippen LogP contribution in [0.25, 0.3) is 0 Å². The largest absolute Gasteiger partial charge is 0.325 e. The first kappa shape index (κ1) is 12.1. The number of hydrogen-bond donors (Lipinski definition) is 1. The monoisotopic (exact) mass is 244 g/mol. The van der Waals surface area contributed by atoms with Crippen molar-refractivity contribution in [1.82, 2.24) is 4.98 Å². The molecule has 0 radical (unpaired) electrons. The number of nitrogens with two attached hydrogens (primary N) is 1. The molecule has 0 bridgehead atoms. The Morgan fingerprint density at radius 2 is 2.00 bits per heavy atom. The van der Waals surface area contributed by atoms with Gasteiger partial charge >= 0.3 is 0 Å². The fraction of sp³-hybridized carbons (Fsp3) is 0.214. The SMILES string of the molecule is Cc1ccccc1CSc1cccnc1CN. The van der Waals surface area contributed by atoms with Crippen molar-refractivity contribution in [1.29, 1.82) is 0 Å². The molecule has 1 heterocycles. The van der Waals surface area contributed by atoms with E-state index in [1.807, 2.05) is 6.07 Å². The second-order valence-corrected chi connectivity index (χ2v) is 4.88. The fourth-order valence-corrected chi connectivity index (χ4v) is 2.75. The molecule has 0 aliphatic rings. The van der Waals surface area contributed by atoms with E-state index in [0.717, 1.165) is 11.4 Å². The maximum absolute atomic E-state index is 5.67. The van der Waals surface area contributed by atoms with Gasteiger partial charge in [-0.25, -0.2) is 0 Å². The van der Waals surface area contributed by atoms with E-state index < -0.39 is 0 Å². The molecule has 0 amide bonds. The molecule has 17 heavy (non-hydrogen) atoms. The average Bonchev–Trinajstić information content (AvgIpc) is 2.38. The third-order valence-corrected chi connectivity index (χ3v) is 3.82. The molecule has 0 saturated carbocycles. The number of aryl methyl sites for hydroxylation is 1. The molecule has 2 rings (SSSR count). The maximum atomic E-state index is 5.67. The summed E-state index contributed by atoms with van der Waals surface area (Å²) in [6.45, 7) is 2.64. The van der Waals surface area contributed by atoms with Crippen molar-refractivity contribution in [3.05, 3.63) is 59.4 Å². The number of benzene rings is 1. The predicted molar refractivity (Wildman–Crippen MR) is 72.9 cm³/mol. The Balaban J connectivity index is 2.10. The molecule has 0 unspecified atom stereocenters. The topological polar surface area (TPSA) is 38.9 Å². The van der Waals surface area contributed by atoms with Crippen LogP contribution in [-0.2, 0) is 12.3 Å². The van der Waals surface area contributed by atoms with Gasteiger partial charge in [0, 0.05) is 23.4 Å². The molecule has 0 fully saturated rings. The van der Waals surface area contributed by atoms with Gasteiger partial charge in [0.15, 0.2) is 0 Å². The summed E-state index contributed by atoms with van der Waals surface area (Å²) in [7, 11) is 0. The zero-order valence-corrected chi connectivity index (χ0v) is 10.7. The van der Waals surface area contributed by atoms with Crippen molar-refractivity contribution in [2.24, 2.45) is 5.73 Å². The lowest BCUT2D eigenvalue weighted by Gasteiger charge is -2.07. The summed E-state index contributed by atoms with van der Waals surface area (Å²) >= 11 is 1.80. The van der Waals surface area contributed by atoms with Crippen LogP contribution >= 0.6 is 11.8 Å². The van der Waals surface area contributed by atoms with Crippen LogP contribution in [0.5, 0.6) is 0 Å². The lowest BCUT2D eigenvalue weighted by atomic mass is 10.1. The highest BCUT2D eigenvalue weighted by Crippen LogP contribution is 2.25. The standard InChI is InChI=1S/C14H16N2S/c1-11-5-2-3-6-12(11)10-17-14-7-4-8-16-13(14)9-15/h2-8H,9-10,15H2,1H3. The molecule has 1 aromatic carbocycles. The molecular formula is C14H16N2S. The van der Waals surface area contributed by atoms with E-state index in [2.05, 4.69) is 42.2 Å². The molecule has 0 aliphatic carbocycles. The molecule has 3 heteroatoms. The van der Waals surface area contributed by atoms with E-state index >= 15 is 0 Å². The van der Waals surface area contributed by atoms with E-state index in [1.54, 1.807) is 18.0 Å². The van der Waals surface area contributed by atoms with E-state index in [-0.39, 0.29) is 0 Å². The van der Waals surface area contributed by atoms with Gasteiger partial charge < -0.3 is 5.73 Å². The summed E-state index contributed by atoms with van der Waals surface area (Å²) in [4.78, 5) is 5.46. The average molecular weight is 244 g/mol. The van der Waals surface area contributed by atoms with Crippen molar-refractivity contribution < 1.29 is 0 Å². The Labute approximate surface area is 106 Å². The fourth-order valence-electron chi connectivity index (χ4n) is 1.64. The molecule has 1 aromatic heterocycles. The molecule has 2 aromatic rings. The first-order chi connectivity index (χ1) is 8.31. The summed E-state index contributed by atoms with van der Waals surface area (Å²) in [6.07, 6.45) is 1.79. The van der Waals surface area contributed by atoms with Crippen LogP contribution in [0.3, 0.4) is 0 Å². The quantitative estimate of drug-likeness (QED) is 0.840. The molecule has 2 nitrogen and oxygen atoms in total. The van der Waals surface area contributed by atoms with E-state index in [1.165, 1.54) is 16.0 Å². The molecule has 0 aliphatic heterocycles. The lowest BCUT2D eigenvalue weighted by molar-refractivity contribution is 0.943. The Morgan fingerprint density at radius 3 is 2.76 bits per heavy atom. The van der Waals surface area contributed by atoms with Crippen molar-refractivity contribution in [2.75, 3.05) is 0 Å². The number of pyridine rings is 1. The zero-order valence-electron chi connectivity index (χ0n) is 9.89. The van der Waals surface area contributed by atoms with Gasteiger partial charge in [-0.2, -0.15) is 0 Å². The van der Waals surface area contributed by atoms with Crippen molar-refractivity contribution in [2.45, 2.75) is 24.1 Å². The Morgan fingerprint density at radius 1 is 1.18 bits per heavy atom. The van der Waals surface area contributed by atoms with Crippen LogP contribution in [0.15, 0.2) is 47.5 Å². The number of aromatic nitrogens is 1. The molecule has 2 N–H and O–H groups in total. The molecular weight excluding hydrogens is 228 g/mol. The minimum absolute atomic E-state index is 0.497. The van der Waals surface area contributed by atoms with Gasteiger partial charge in [-0.05, 0) is 30.2 Å². The smallest absolute Gasteiger partial charge is 0.0675 e.